The average molecular weight is 155 g/mol. The monoisotopic (exact) mass is 155 g/mol. The summed E-state index contributed by atoms with van der Waals surface area (Å²) in [5.74, 6) is 0.889. The largest absolute Gasteiger partial charge is 0.303 e. The summed E-state index contributed by atoms with van der Waals surface area (Å²) < 4.78 is 0. The van der Waals surface area contributed by atoms with Crippen LogP contribution in [0, 0.1) is 5.92 Å². The molecular weight excluding hydrogens is 134 g/mol. The molecule has 0 N–H and O–H groups in total. The Hall–Kier alpha value is -0.0400. The molecule has 66 valence electrons. The second-order valence-electron chi connectivity index (χ2n) is 3.93. The van der Waals surface area contributed by atoms with Crippen LogP contribution in [0.3, 0.4) is 0 Å². The van der Waals surface area contributed by atoms with E-state index in [0.29, 0.717) is 0 Å². The fourth-order valence-electron chi connectivity index (χ4n) is 2.09. The maximum absolute atomic E-state index is 2.54. The second kappa shape index (κ2) is 4.10. The molecule has 0 aromatic heterocycles. The van der Waals surface area contributed by atoms with E-state index in [-0.39, 0.29) is 0 Å². The van der Waals surface area contributed by atoms with E-state index in [0.717, 1.165) is 12.0 Å². The van der Waals surface area contributed by atoms with Crippen molar-refractivity contribution in [3.05, 3.63) is 0 Å². The van der Waals surface area contributed by atoms with E-state index < -0.39 is 0 Å². The van der Waals surface area contributed by atoms with E-state index in [4.69, 9.17) is 0 Å². The average Bonchev–Trinajstić information content (AvgIpc) is 2.04. The molecule has 0 aliphatic carbocycles. The maximum atomic E-state index is 2.54. The van der Waals surface area contributed by atoms with Gasteiger partial charge in [0.05, 0.1) is 0 Å². The van der Waals surface area contributed by atoms with Crippen LogP contribution in [0.2, 0.25) is 0 Å². The zero-order chi connectivity index (χ0) is 8.27. The first-order valence-corrected chi connectivity index (χ1v) is 4.96. The van der Waals surface area contributed by atoms with Gasteiger partial charge >= 0.3 is 0 Å². The van der Waals surface area contributed by atoms with Crippen molar-refractivity contribution in [3.63, 3.8) is 0 Å². The second-order valence-corrected chi connectivity index (χ2v) is 3.93. The van der Waals surface area contributed by atoms with Crippen LogP contribution in [-0.2, 0) is 0 Å². The summed E-state index contributed by atoms with van der Waals surface area (Å²) in [6, 6.07) is 0.869. The van der Waals surface area contributed by atoms with E-state index >= 15 is 0 Å². The lowest BCUT2D eigenvalue weighted by Crippen LogP contribution is -2.40. The molecule has 0 radical (unpaired) electrons. The lowest BCUT2D eigenvalue weighted by Gasteiger charge is -2.36. The molecule has 1 heterocycles. The van der Waals surface area contributed by atoms with Crippen molar-refractivity contribution >= 4 is 0 Å². The summed E-state index contributed by atoms with van der Waals surface area (Å²) in [6.07, 6.45) is 5.60. The molecule has 0 saturated carbocycles. The number of piperidine rings is 1. The van der Waals surface area contributed by atoms with Crippen molar-refractivity contribution in [1.29, 1.82) is 0 Å². The zero-order valence-electron chi connectivity index (χ0n) is 8.14. The molecule has 1 unspecified atom stereocenters. The minimum atomic E-state index is 0.869. The predicted octanol–water partition coefficient (Wildman–Crippen LogP) is 2.52. The fourth-order valence-corrected chi connectivity index (χ4v) is 2.09. The molecule has 0 aromatic rings. The van der Waals surface area contributed by atoms with E-state index in [1.54, 1.807) is 0 Å². The van der Waals surface area contributed by atoms with Gasteiger partial charge in [-0.25, -0.2) is 0 Å². The third-order valence-corrected chi connectivity index (χ3v) is 3.13. The standard InChI is InChI=1S/C10H21N/c1-4-9(2)10-7-5-6-8-11(10)3/h9-10H,4-8H2,1-3H3/t9?,10-/m0/s1. The Kier molecular flexibility index (Phi) is 3.38. The lowest BCUT2D eigenvalue weighted by molar-refractivity contribution is 0.134. The Bertz CT molecular complexity index is 107. The molecule has 0 spiro atoms. The highest BCUT2D eigenvalue weighted by Crippen LogP contribution is 2.23. The predicted molar refractivity (Wildman–Crippen MR) is 49.7 cm³/mol. The molecule has 1 heteroatoms. The highest BCUT2D eigenvalue weighted by atomic mass is 15.1. The van der Waals surface area contributed by atoms with E-state index in [1.165, 1.54) is 32.2 Å². The van der Waals surface area contributed by atoms with Gasteiger partial charge < -0.3 is 4.90 Å². The van der Waals surface area contributed by atoms with Gasteiger partial charge in [-0.1, -0.05) is 26.7 Å². The van der Waals surface area contributed by atoms with Gasteiger partial charge in [0.25, 0.3) is 0 Å². The van der Waals surface area contributed by atoms with Gasteiger partial charge in [-0.05, 0) is 32.4 Å². The van der Waals surface area contributed by atoms with Crippen molar-refractivity contribution in [3.8, 4) is 0 Å². The number of hydrogen-bond donors (Lipinski definition) is 0. The van der Waals surface area contributed by atoms with E-state index in [9.17, 15) is 0 Å². The number of likely N-dealkylation sites (tertiary alicyclic amines) is 1. The lowest BCUT2D eigenvalue weighted by atomic mass is 9.90. The van der Waals surface area contributed by atoms with Gasteiger partial charge in [0.1, 0.15) is 0 Å². The van der Waals surface area contributed by atoms with Gasteiger partial charge in [0, 0.05) is 6.04 Å². The van der Waals surface area contributed by atoms with Crippen LogP contribution in [0.5, 0.6) is 0 Å². The zero-order valence-corrected chi connectivity index (χ0v) is 8.14. The molecule has 1 aliphatic rings. The molecule has 1 fully saturated rings. The van der Waals surface area contributed by atoms with Crippen molar-refractivity contribution in [1.82, 2.24) is 4.90 Å². The Labute approximate surface area is 70.8 Å². The smallest absolute Gasteiger partial charge is 0.0118 e. The molecule has 2 atom stereocenters. The van der Waals surface area contributed by atoms with Crippen LogP contribution in [0.1, 0.15) is 39.5 Å². The van der Waals surface area contributed by atoms with Crippen molar-refractivity contribution in [2.45, 2.75) is 45.6 Å². The third kappa shape index (κ3) is 2.19. The minimum absolute atomic E-state index is 0.869. The van der Waals surface area contributed by atoms with Crippen LogP contribution < -0.4 is 0 Å². The molecule has 1 saturated heterocycles. The molecule has 1 nitrogen and oxygen atoms in total. The quantitative estimate of drug-likeness (QED) is 0.592. The first kappa shape index (κ1) is 9.05. The van der Waals surface area contributed by atoms with Gasteiger partial charge in [-0.3, -0.25) is 0 Å². The topological polar surface area (TPSA) is 3.24 Å². The van der Waals surface area contributed by atoms with Crippen molar-refractivity contribution in [2.75, 3.05) is 13.6 Å². The Morgan fingerprint density at radius 3 is 2.73 bits per heavy atom. The van der Waals surface area contributed by atoms with Gasteiger partial charge in [0.15, 0.2) is 0 Å². The summed E-state index contributed by atoms with van der Waals surface area (Å²) in [7, 11) is 2.27. The van der Waals surface area contributed by atoms with Gasteiger partial charge in [-0.2, -0.15) is 0 Å². The number of rotatable bonds is 2. The molecule has 0 amide bonds. The summed E-state index contributed by atoms with van der Waals surface area (Å²) in [4.78, 5) is 2.54. The van der Waals surface area contributed by atoms with E-state index in [1.807, 2.05) is 0 Å². The maximum Gasteiger partial charge on any atom is 0.0118 e. The Balaban J connectivity index is 2.40. The molecule has 0 bridgehead atoms. The first-order valence-electron chi connectivity index (χ1n) is 4.96. The number of nitrogens with zero attached hydrogens (tertiary/aromatic N) is 1. The highest BCUT2D eigenvalue weighted by molar-refractivity contribution is 4.77. The van der Waals surface area contributed by atoms with Crippen LogP contribution in [0.25, 0.3) is 0 Å². The third-order valence-electron chi connectivity index (χ3n) is 3.13. The van der Waals surface area contributed by atoms with Crippen LogP contribution in [0.15, 0.2) is 0 Å². The van der Waals surface area contributed by atoms with E-state index in [2.05, 4.69) is 25.8 Å². The Morgan fingerprint density at radius 1 is 1.45 bits per heavy atom. The van der Waals surface area contributed by atoms with Crippen LogP contribution in [-0.4, -0.2) is 24.5 Å². The number of hydrogen-bond acceptors (Lipinski definition) is 1. The summed E-state index contributed by atoms with van der Waals surface area (Å²) in [5, 5.41) is 0. The summed E-state index contributed by atoms with van der Waals surface area (Å²) in [6.45, 7) is 5.99. The highest BCUT2D eigenvalue weighted by Gasteiger charge is 2.22. The van der Waals surface area contributed by atoms with Crippen LogP contribution in [0.4, 0.5) is 0 Å². The molecule has 0 aromatic carbocycles. The summed E-state index contributed by atoms with van der Waals surface area (Å²) >= 11 is 0. The van der Waals surface area contributed by atoms with Gasteiger partial charge in [-0.15, -0.1) is 0 Å². The van der Waals surface area contributed by atoms with Crippen molar-refractivity contribution < 1.29 is 0 Å². The van der Waals surface area contributed by atoms with Crippen molar-refractivity contribution in [2.24, 2.45) is 5.92 Å². The molecule has 1 aliphatic heterocycles. The fraction of sp³-hybridized carbons (Fsp3) is 1.00. The summed E-state index contributed by atoms with van der Waals surface area (Å²) in [5.41, 5.74) is 0. The first-order chi connectivity index (χ1) is 5.25. The molecule has 11 heavy (non-hydrogen) atoms. The normalized spacial score (nSPS) is 30.3. The van der Waals surface area contributed by atoms with Crippen LogP contribution >= 0.6 is 0 Å². The molecular formula is C10H21N. The SMILES string of the molecule is CCC(C)[C@@H]1CCCCN1C. The Morgan fingerprint density at radius 2 is 2.18 bits per heavy atom. The molecule has 1 rings (SSSR count). The minimum Gasteiger partial charge on any atom is -0.303 e. The van der Waals surface area contributed by atoms with Gasteiger partial charge in [0.2, 0.25) is 0 Å².